The molecule has 2 atom stereocenters. The number of nitrogens with zero attached hydrogens (tertiary/aromatic N) is 1. The Morgan fingerprint density at radius 2 is 2.33 bits per heavy atom. The van der Waals surface area contributed by atoms with Crippen LogP contribution in [0.5, 0.6) is 0 Å². The summed E-state index contributed by atoms with van der Waals surface area (Å²) in [7, 11) is 0. The topological polar surface area (TPSA) is 3.24 Å². The number of hydrogen-bond acceptors (Lipinski definition) is 1. The summed E-state index contributed by atoms with van der Waals surface area (Å²) in [6.07, 6.45) is 11.7. The minimum atomic E-state index is 0.535. The molecule has 1 nitrogen and oxygen atoms in total. The first-order valence-corrected chi connectivity index (χ1v) is 4.38. The smallest absolute Gasteiger partial charge is 0.0630 e. The molecule has 2 rings (SSSR count). The molecule has 0 saturated carbocycles. The monoisotopic (exact) mass is 159 g/mol. The molecule has 0 spiro atoms. The minimum absolute atomic E-state index is 0.535. The van der Waals surface area contributed by atoms with Crippen molar-refractivity contribution in [3.05, 3.63) is 43.5 Å². The van der Waals surface area contributed by atoms with Gasteiger partial charge in [-0.2, -0.15) is 0 Å². The second-order valence-corrected chi connectivity index (χ2v) is 3.23. The van der Waals surface area contributed by atoms with Crippen LogP contribution in [0.15, 0.2) is 37.0 Å². The number of allylic oxidation sites excluding steroid dienone is 2. The maximum absolute atomic E-state index is 3.74. The maximum Gasteiger partial charge on any atom is 0.0630 e. The minimum Gasteiger partial charge on any atom is -0.283 e. The van der Waals surface area contributed by atoms with Crippen LogP contribution in [0.4, 0.5) is 0 Å². The lowest BCUT2D eigenvalue weighted by molar-refractivity contribution is 0.340. The van der Waals surface area contributed by atoms with E-state index in [4.69, 9.17) is 0 Å². The lowest BCUT2D eigenvalue weighted by Gasteiger charge is -2.23. The molecule has 2 radical (unpaired) electrons. The van der Waals surface area contributed by atoms with E-state index in [1.54, 1.807) is 0 Å². The molecule has 1 heteroatoms. The molecule has 1 aliphatic carbocycles. The highest BCUT2D eigenvalue weighted by Crippen LogP contribution is 2.31. The third-order valence-electron chi connectivity index (χ3n) is 2.43. The van der Waals surface area contributed by atoms with Gasteiger partial charge < -0.3 is 0 Å². The van der Waals surface area contributed by atoms with E-state index in [0.717, 1.165) is 13.0 Å². The molecule has 12 heavy (non-hydrogen) atoms. The summed E-state index contributed by atoms with van der Waals surface area (Å²) in [4.78, 5) is 2.23. The quantitative estimate of drug-likeness (QED) is 0.557. The van der Waals surface area contributed by atoms with Gasteiger partial charge in [0.1, 0.15) is 0 Å². The van der Waals surface area contributed by atoms with Crippen LogP contribution in [0.1, 0.15) is 6.42 Å². The van der Waals surface area contributed by atoms with Crippen molar-refractivity contribution in [3.63, 3.8) is 0 Å². The van der Waals surface area contributed by atoms with Gasteiger partial charge in [0, 0.05) is 12.6 Å². The largest absolute Gasteiger partial charge is 0.283 e. The summed E-state index contributed by atoms with van der Waals surface area (Å²) in [5.41, 5.74) is 0. The van der Waals surface area contributed by atoms with E-state index >= 15 is 0 Å². The van der Waals surface area contributed by atoms with Gasteiger partial charge >= 0.3 is 0 Å². The lowest BCUT2D eigenvalue weighted by Crippen LogP contribution is -2.29. The molecule has 0 aromatic rings. The third-order valence-corrected chi connectivity index (χ3v) is 2.43. The normalized spacial score (nSPS) is 33.7. The van der Waals surface area contributed by atoms with Crippen molar-refractivity contribution < 1.29 is 0 Å². The van der Waals surface area contributed by atoms with Gasteiger partial charge in [-0.05, 0) is 12.3 Å². The SMILES string of the molecule is C=CCN1[C]CC2C=CC=CC21. The molecule has 0 aromatic heterocycles. The molecular formula is C11H13N. The number of fused-ring (bicyclic) bond motifs is 1. The molecule has 0 aromatic carbocycles. The molecule has 2 aliphatic rings. The van der Waals surface area contributed by atoms with E-state index in [-0.39, 0.29) is 0 Å². The molecule has 2 unspecified atom stereocenters. The zero-order valence-corrected chi connectivity index (χ0v) is 7.11. The van der Waals surface area contributed by atoms with Crippen molar-refractivity contribution in [1.82, 2.24) is 4.90 Å². The van der Waals surface area contributed by atoms with Gasteiger partial charge in [0.05, 0.1) is 6.54 Å². The summed E-state index contributed by atoms with van der Waals surface area (Å²) in [5.74, 6) is 0.648. The molecule has 1 aliphatic heterocycles. The summed E-state index contributed by atoms with van der Waals surface area (Å²) < 4.78 is 0. The fraction of sp³-hybridized carbons (Fsp3) is 0.364. The number of hydrogen-bond donors (Lipinski definition) is 0. The van der Waals surface area contributed by atoms with Crippen molar-refractivity contribution in [3.8, 4) is 0 Å². The lowest BCUT2D eigenvalue weighted by atomic mass is 9.96. The van der Waals surface area contributed by atoms with Crippen molar-refractivity contribution in [2.75, 3.05) is 6.54 Å². The van der Waals surface area contributed by atoms with Crippen LogP contribution >= 0.6 is 0 Å². The Labute approximate surface area is 74.1 Å². The van der Waals surface area contributed by atoms with Gasteiger partial charge in [-0.15, -0.1) is 6.58 Å². The predicted molar refractivity (Wildman–Crippen MR) is 50.3 cm³/mol. The fourth-order valence-corrected chi connectivity index (χ4v) is 1.82. The van der Waals surface area contributed by atoms with E-state index in [1.165, 1.54) is 0 Å². The molecule has 0 N–H and O–H groups in total. The molecule has 1 heterocycles. The zero-order valence-electron chi connectivity index (χ0n) is 7.11. The van der Waals surface area contributed by atoms with Crippen molar-refractivity contribution in [2.45, 2.75) is 12.5 Å². The van der Waals surface area contributed by atoms with E-state index in [2.05, 4.69) is 42.3 Å². The number of likely N-dealkylation sites (tertiary alicyclic amines) is 1. The average molecular weight is 159 g/mol. The highest BCUT2D eigenvalue weighted by molar-refractivity contribution is 5.21. The van der Waals surface area contributed by atoms with Crippen LogP contribution < -0.4 is 0 Å². The van der Waals surface area contributed by atoms with Crippen LogP contribution in [0.3, 0.4) is 0 Å². The predicted octanol–water partition coefficient (Wildman–Crippen LogP) is 2.03. The standard InChI is InChI=1S/C11H13N/c1-2-8-12-9-7-10-5-3-4-6-11(10)12/h2-6,10-11H,1,7-8H2. The van der Waals surface area contributed by atoms with Gasteiger partial charge in [-0.3, -0.25) is 4.90 Å². The second-order valence-electron chi connectivity index (χ2n) is 3.23. The molecule has 0 amide bonds. The van der Waals surface area contributed by atoms with E-state index in [9.17, 15) is 0 Å². The van der Waals surface area contributed by atoms with E-state index < -0.39 is 0 Å². The first kappa shape index (κ1) is 7.81. The fourth-order valence-electron chi connectivity index (χ4n) is 1.82. The van der Waals surface area contributed by atoms with E-state index in [1.807, 2.05) is 6.08 Å². The van der Waals surface area contributed by atoms with Gasteiger partial charge in [-0.1, -0.05) is 30.4 Å². The Kier molecular flexibility index (Phi) is 2.13. The Morgan fingerprint density at radius 3 is 3.17 bits per heavy atom. The molecule has 1 fully saturated rings. The zero-order chi connectivity index (χ0) is 8.39. The highest BCUT2D eigenvalue weighted by Gasteiger charge is 2.31. The second kappa shape index (κ2) is 3.28. The molecular weight excluding hydrogens is 146 g/mol. The Balaban J connectivity index is 2.07. The van der Waals surface area contributed by atoms with Crippen LogP contribution in [-0.4, -0.2) is 17.5 Å². The molecule has 62 valence electrons. The van der Waals surface area contributed by atoms with Gasteiger partial charge in [0.15, 0.2) is 0 Å². The van der Waals surface area contributed by atoms with Crippen molar-refractivity contribution in [2.24, 2.45) is 5.92 Å². The Morgan fingerprint density at radius 1 is 1.50 bits per heavy atom. The van der Waals surface area contributed by atoms with Crippen molar-refractivity contribution in [1.29, 1.82) is 0 Å². The van der Waals surface area contributed by atoms with Crippen molar-refractivity contribution >= 4 is 0 Å². The summed E-state index contributed by atoms with van der Waals surface area (Å²) in [6, 6.07) is 0.535. The maximum atomic E-state index is 3.74. The summed E-state index contributed by atoms with van der Waals surface area (Å²) >= 11 is 0. The third kappa shape index (κ3) is 1.25. The first-order chi connectivity index (χ1) is 5.92. The van der Waals surface area contributed by atoms with Crippen LogP contribution in [0, 0.1) is 12.5 Å². The van der Waals surface area contributed by atoms with Crippen LogP contribution in [-0.2, 0) is 0 Å². The summed E-state index contributed by atoms with van der Waals surface area (Å²) in [6.45, 7) is 8.01. The van der Waals surface area contributed by atoms with Gasteiger partial charge in [0.2, 0.25) is 0 Å². The van der Waals surface area contributed by atoms with Crippen LogP contribution in [0.25, 0.3) is 0 Å². The van der Waals surface area contributed by atoms with E-state index in [0.29, 0.717) is 12.0 Å². The molecule has 0 bridgehead atoms. The van der Waals surface area contributed by atoms with Gasteiger partial charge in [0.25, 0.3) is 0 Å². The van der Waals surface area contributed by atoms with Crippen LogP contribution in [0.2, 0.25) is 0 Å². The first-order valence-electron chi connectivity index (χ1n) is 4.38. The average Bonchev–Trinajstić information content (AvgIpc) is 2.50. The van der Waals surface area contributed by atoms with Gasteiger partial charge in [-0.25, -0.2) is 0 Å². The Bertz CT molecular complexity index is 227. The number of rotatable bonds is 2. The highest BCUT2D eigenvalue weighted by atomic mass is 15.2. The summed E-state index contributed by atoms with van der Waals surface area (Å²) in [5, 5.41) is 0. The Hall–Kier alpha value is -0.820. The molecule has 1 saturated heterocycles.